The third-order valence-corrected chi connectivity index (χ3v) is 3.61. The molecule has 0 radical (unpaired) electrons. The lowest BCUT2D eigenvalue weighted by atomic mass is 10.2. The van der Waals surface area contributed by atoms with Gasteiger partial charge in [-0.05, 0) is 37.6 Å². The quantitative estimate of drug-likeness (QED) is 0.731. The number of rotatable bonds is 6. The molecule has 1 aromatic carbocycles. The molecule has 7 heteroatoms. The fraction of sp³-hybridized carbons (Fsp3) is 0.278. The molecule has 0 bridgehead atoms. The van der Waals surface area contributed by atoms with Gasteiger partial charge in [-0.2, -0.15) is 0 Å². The molecule has 0 aliphatic rings. The highest BCUT2D eigenvalue weighted by atomic mass is 16.4. The van der Waals surface area contributed by atoms with E-state index >= 15 is 0 Å². The molecular formula is C18H20N4O3. The van der Waals surface area contributed by atoms with Gasteiger partial charge in [0.2, 0.25) is 5.89 Å². The molecule has 130 valence electrons. The summed E-state index contributed by atoms with van der Waals surface area (Å²) in [5, 5.41) is 10.8. The molecule has 3 aromatic rings. The summed E-state index contributed by atoms with van der Waals surface area (Å²) < 4.78 is 10.8. The van der Waals surface area contributed by atoms with Gasteiger partial charge in [-0.1, -0.05) is 24.6 Å². The van der Waals surface area contributed by atoms with Crippen LogP contribution < -0.4 is 5.32 Å². The highest BCUT2D eigenvalue weighted by molar-refractivity contribution is 5.89. The molecule has 0 aliphatic heterocycles. The van der Waals surface area contributed by atoms with Crippen molar-refractivity contribution in [2.75, 3.05) is 11.9 Å². The first-order valence-electron chi connectivity index (χ1n) is 8.14. The maximum absolute atomic E-state index is 12.5. The van der Waals surface area contributed by atoms with E-state index in [9.17, 15) is 4.79 Å². The maximum atomic E-state index is 12.5. The molecule has 0 atom stereocenters. The molecule has 2 aromatic heterocycles. The van der Waals surface area contributed by atoms with Crippen LogP contribution in [0.4, 0.5) is 10.5 Å². The van der Waals surface area contributed by atoms with Gasteiger partial charge < -0.3 is 19.1 Å². The van der Waals surface area contributed by atoms with Crippen LogP contribution in [0.2, 0.25) is 0 Å². The predicted octanol–water partition coefficient (Wildman–Crippen LogP) is 4.08. The number of aromatic nitrogens is 2. The minimum absolute atomic E-state index is 0.205. The van der Waals surface area contributed by atoms with E-state index in [4.69, 9.17) is 8.83 Å². The molecule has 0 spiro atoms. The van der Waals surface area contributed by atoms with Crippen molar-refractivity contribution < 1.29 is 13.6 Å². The molecule has 0 saturated heterocycles. The van der Waals surface area contributed by atoms with Gasteiger partial charge in [0.05, 0.1) is 6.26 Å². The summed E-state index contributed by atoms with van der Waals surface area (Å²) in [4.78, 5) is 14.2. The van der Waals surface area contributed by atoms with Crippen LogP contribution in [-0.4, -0.2) is 27.7 Å². The van der Waals surface area contributed by atoms with E-state index in [-0.39, 0.29) is 12.6 Å². The van der Waals surface area contributed by atoms with E-state index in [1.54, 1.807) is 17.0 Å². The minimum atomic E-state index is -0.205. The fourth-order valence-electron chi connectivity index (χ4n) is 2.34. The molecule has 25 heavy (non-hydrogen) atoms. The number of nitrogens with zero attached hydrogens (tertiary/aromatic N) is 3. The van der Waals surface area contributed by atoms with Crippen molar-refractivity contribution in [3.63, 3.8) is 0 Å². The first-order chi connectivity index (χ1) is 12.2. The minimum Gasteiger partial charge on any atom is -0.459 e. The Bertz CT molecular complexity index is 809. The molecule has 7 nitrogen and oxygen atoms in total. The number of carbonyl (C=O) groups excluding carboxylic acids is 1. The van der Waals surface area contributed by atoms with E-state index in [0.29, 0.717) is 24.1 Å². The van der Waals surface area contributed by atoms with Gasteiger partial charge in [0, 0.05) is 12.2 Å². The summed E-state index contributed by atoms with van der Waals surface area (Å²) in [6, 6.07) is 10.9. The number of nitrogens with one attached hydrogen (secondary N) is 1. The number of anilines is 1. The normalized spacial score (nSPS) is 10.6. The number of carbonyl (C=O) groups is 1. The van der Waals surface area contributed by atoms with Gasteiger partial charge in [0.1, 0.15) is 6.54 Å². The van der Waals surface area contributed by atoms with E-state index in [2.05, 4.69) is 15.5 Å². The Morgan fingerprint density at radius 3 is 2.68 bits per heavy atom. The summed E-state index contributed by atoms with van der Waals surface area (Å²) in [5.74, 6) is 1.17. The first kappa shape index (κ1) is 16.8. The Hall–Kier alpha value is -3.09. The number of hydrogen-bond acceptors (Lipinski definition) is 5. The van der Waals surface area contributed by atoms with Gasteiger partial charge in [-0.25, -0.2) is 4.79 Å². The van der Waals surface area contributed by atoms with Crippen LogP contribution in [0.3, 0.4) is 0 Å². The molecule has 3 rings (SSSR count). The molecule has 0 saturated carbocycles. The zero-order valence-corrected chi connectivity index (χ0v) is 14.2. The molecule has 2 heterocycles. The Labute approximate surface area is 145 Å². The fourth-order valence-corrected chi connectivity index (χ4v) is 2.34. The number of furan rings is 1. The third kappa shape index (κ3) is 4.26. The van der Waals surface area contributed by atoms with E-state index in [1.807, 2.05) is 38.1 Å². The van der Waals surface area contributed by atoms with E-state index in [1.165, 1.54) is 6.26 Å². The van der Waals surface area contributed by atoms with Crippen molar-refractivity contribution in [2.24, 2.45) is 0 Å². The van der Waals surface area contributed by atoms with Crippen molar-refractivity contribution in [1.29, 1.82) is 0 Å². The molecule has 2 amide bonds. The van der Waals surface area contributed by atoms with Gasteiger partial charge in [0.25, 0.3) is 5.89 Å². The number of benzene rings is 1. The maximum Gasteiger partial charge on any atom is 0.322 e. The van der Waals surface area contributed by atoms with Crippen molar-refractivity contribution in [1.82, 2.24) is 15.1 Å². The summed E-state index contributed by atoms with van der Waals surface area (Å²) in [6.07, 6.45) is 2.36. The predicted molar refractivity (Wildman–Crippen MR) is 92.9 cm³/mol. The summed E-state index contributed by atoms with van der Waals surface area (Å²) >= 11 is 0. The molecule has 1 N–H and O–H groups in total. The van der Waals surface area contributed by atoms with Crippen LogP contribution in [0.15, 0.2) is 51.5 Å². The smallest absolute Gasteiger partial charge is 0.322 e. The largest absolute Gasteiger partial charge is 0.459 e. The summed E-state index contributed by atoms with van der Waals surface area (Å²) in [7, 11) is 0. The first-order valence-corrected chi connectivity index (χ1v) is 8.14. The second-order valence-electron chi connectivity index (χ2n) is 5.70. The van der Waals surface area contributed by atoms with Crippen LogP contribution in [0.5, 0.6) is 0 Å². The summed E-state index contributed by atoms with van der Waals surface area (Å²) in [6.45, 7) is 4.82. The SMILES string of the molecule is CCCN(Cc1nnc(-c2ccco2)o1)C(=O)Nc1ccc(C)cc1. The van der Waals surface area contributed by atoms with E-state index in [0.717, 1.165) is 17.7 Å². The number of aryl methyl sites for hydroxylation is 1. The lowest BCUT2D eigenvalue weighted by molar-refractivity contribution is 0.203. The van der Waals surface area contributed by atoms with Gasteiger partial charge in [-0.3, -0.25) is 0 Å². The van der Waals surface area contributed by atoms with Crippen LogP contribution in [-0.2, 0) is 6.54 Å². The van der Waals surface area contributed by atoms with Crippen LogP contribution in [0, 0.1) is 6.92 Å². The third-order valence-electron chi connectivity index (χ3n) is 3.61. The van der Waals surface area contributed by atoms with Crippen LogP contribution in [0.25, 0.3) is 11.7 Å². The monoisotopic (exact) mass is 340 g/mol. The van der Waals surface area contributed by atoms with E-state index < -0.39 is 0 Å². The second kappa shape index (κ2) is 7.65. The highest BCUT2D eigenvalue weighted by Crippen LogP contribution is 2.19. The second-order valence-corrected chi connectivity index (χ2v) is 5.70. The van der Waals surface area contributed by atoms with Crippen molar-refractivity contribution in [2.45, 2.75) is 26.8 Å². The Balaban J connectivity index is 1.68. The summed E-state index contributed by atoms with van der Waals surface area (Å²) in [5.41, 5.74) is 1.89. The Kier molecular flexibility index (Phi) is 5.13. The lowest BCUT2D eigenvalue weighted by Crippen LogP contribution is -2.35. The highest BCUT2D eigenvalue weighted by Gasteiger charge is 2.18. The zero-order valence-electron chi connectivity index (χ0n) is 14.2. The number of amides is 2. The van der Waals surface area contributed by atoms with Crippen LogP contribution in [0.1, 0.15) is 24.8 Å². The zero-order chi connectivity index (χ0) is 17.6. The molecule has 0 unspecified atom stereocenters. The van der Waals surface area contributed by atoms with Crippen molar-refractivity contribution >= 4 is 11.7 Å². The van der Waals surface area contributed by atoms with Gasteiger partial charge in [0.15, 0.2) is 5.76 Å². The van der Waals surface area contributed by atoms with Crippen LogP contribution >= 0.6 is 0 Å². The van der Waals surface area contributed by atoms with Crippen molar-refractivity contribution in [3.05, 3.63) is 54.1 Å². The Morgan fingerprint density at radius 2 is 2.00 bits per heavy atom. The van der Waals surface area contributed by atoms with Crippen molar-refractivity contribution in [3.8, 4) is 11.7 Å². The van der Waals surface area contributed by atoms with Gasteiger partial charge >= 0.3 is 6.03 Å². The standard InChI is InChI=1S/C18H20N4O3/c1-3-10-22(18(23)19-14-8-6-13(2)7-9-14)12-16-20-21-17(25-16)15-5-4-11-24-15/h4-9,11H,3,10,12H2,1-2H3,(H,19,23). The average molecular weight is 340 g/mol. The van der Waals surface area contributed by atoms with Gasteiger partial charge in [-0.15, -0.1) is 10.2 Å². The topological polar surface area (TPSA) is 84.4 Å². The Morgan fingerprint density at radius 1 is 1.20 bits per heavy atom. The molecule has 0 aliphatic carbocycles. The average Bonchev–Trinajstić information content (AvgIpc) is 3.27. The lowest BCUT2D eigenvalue weighted by Gasteiger charge is -2.20. The number of urea groups is 1. The molecular weight excluding hydrogens is 320 g/mol. The molecule has 0 fully saturated rings. The number of hydrogen-bond donors (Lipinski definition) is 1.